The first-order valence-corrected chi connectivity index (χ1v) is 6.53. The lowest BCUT2D eigenvalue weighted by molar-refractivity contribution is 0.878. The normalized spacial score (nSPS) is 11.3. The van der Waals surface area contributed by atoms with E-state index >= 15 is 0 Å². The number of nitrogens with one attached hydrogen (secondary N) is 1. The van der Waals surface area contributed by atoms with Crippen molar-refractivity contribution in [3.8, 4) is 5.69 Å². The van der Waals surface area contributed by atoms with E-state index in [1.807, 2.05) is 37.3 Å². The molecule has 4 rings (SSSR count). The molecule has 0 unspecified atom stereocenters. The van der Waals surface area contributed by atoms with Gasteiger partial charge in [-0.3, -0.25) is 4.79 Å². The van der Waals surface area contributed by atoms with E-state index in [1.165, 1.54) is 6.33 Å². The highest BCUT2D eigenvalue weighted by Gasteiger charge is 2.13. The van der Waals surface area contributed by atoms with Gasteiger partial charge in [0, 0.05) is 5.39 Å². The number of aryl methyl sites for hydroxylation is 1. The lowest BCUT2D eigenvalue weighted by atomic mass is 10.2. The van der Waals surface area contributed by atoms with Gasteiger partial charge in [0.1, 0.15) is 0 Å². The zero-order valence-corrected chi connectivity index (χ0v) is 11.2. The molecule has 1 aromatic carbocycles. The van der Waals surface area contributed by atoms with Crippen LogP contribution >= 0.6 is 0 Å². The molecular weight excluding hydrogens is 266 g/mol. The minimum atomic E-state index is -0.193. The van der Waals surface area contributed by atoms with E-state index in [4.69, 9.17) is 0 Å². The van der Waals surface area contributed by atoms with Crippen molar-refractivity contribution in [3.63, 3.8) is 0 Å². The Balaban J connectivity index is 2.13. The minimum absolute atomic E-state index is 0.193. The SMILES string of the molecule is Cc1nn(-c2ccccc2)c2nc3nc[nH]c(=O)c3cc12. The number of hydrogen-bond donors (Lipinski definition) is 1. The summed E-state index contributed by atoms with van der Waals surface area (Å²) in [6.45, 7) is 1.90. The fraction of sp³-hybridized carbons (Fsp3) is 0.0667. The minimum Gasteiger partial charge on any atom is -0.313 e. The average Bonchev–Trinajstić information content (AvgIpc) is 2.84. The highest BCUT2D eigenvalue weighted by atomic mass is 16.1. The number of aromatic amines is 1. The van der Waals surface area contributed by atoms with Gasteiger partial charge in [0.25, 0.3) is 5.56 Å². The van der Waals surface area contributed by atoms with E-state index in [0.29, 0.717) is 16.7 Å². The van der Waals surface area contributed by atoms with E-state index in [1.54, 1.807) is 10.7 Å². The molecule has 3 aromatic heterocycles. The molecule has 3 heterocycles. The zero-order chi connectivity index (χ0) is 14.4. The standard InChI is InChI=1S/C15H11N5O/c1-9-11-7-12-13(16-8-17-15(12)21)18-14(11)20(19-9)10-5-3-2-4-6-10/h2-8H,1H3,(H,16,17,18,21). The maximum absolute atomic E-state index is 11.8. The van der Waals surface area contributed by atoms with Crippen LogP contribution in [0, 0.1) is 6.92 Å². The molecule has 0 saturated carbocycles. The summed E-state index contributed by atoms with van der Waals surface area (Å²) in [6.07, 6.45) is 1.36. The summed E-state index contributed by atoms with van der Waals surface area (Å²) in [5, 5.41) is 5.85. The molecule has 6 nitrogen and oxygen atoms in total. The number of para-hydroxylation sites is 1. The van der Waals surface area contributed by atoms with Crippen molar-refractivity contribution in [3.05, 3.63) is 58.8 Å². The quantitative estimate of drug-likeness (QED) is 0.577. The average molecular weight is 277 g/mol. The molecule has 0 bridgehead atoms. The largest absolute Gasteiger partial charge is 0.313 e. The molecule has 0 atom stereocenters. The van der Waals surface area contributed by atoms with Gasteiger partial charge in [-0.1, -0.05) is 18.2 Å². The maximum atomic E-state index is 11.8. The fourth-order valence-corrected chi connectivity index (χ4v) is 2.42. The number of pyridine rings is 1. The first-order chi connectivity index (χ1) is 10.2. The van der Waals surface area contributed by atoms with Gasteiger partial charge in [-0.15, -0.1) is 0 Å². The van der Waals surface area contributed by atoms with E-state index < -0.39 is 0 Å². The third-order valence-electron chi connectivity index (χ3n) is 3.45. The molecule has 6 heteroatoms. The van der Waals surface area contributed by atoms with Crippen LogP contribution in [0.1, 0.15) is 5.69 Å². The number of aromatic nitrogens is 5. The maximum Gasteiger partial charge on any atom is 0.260 e. The molecule has 0 aliphatic heterocycles. The Kier molecular flexibility index (Phi) is 2.38. The molecule has 0 radical (unpaired) electrons. The van der Waals surface area contributed by atoms with E-state index in [2.05, 4.69) is 20.1 Å². The summed E-state index contributed by atoms with van der Waals surface area (Å²) in [6, 6.07) is 11.6. The van der Waals surface area contributed by atoms with Gasteiger partial charge < -0.3 is 4.98 Å². The second-order valence-corrected chi connectivity index (χ2v) is 4.80. The van der Waals surface area contributed by atoms with Crippen molar-refractivity contribution in [1.82, 2.24) is 24.7 Å². The predicted molar refractivity (Wildman–Crippen MR) is 79.5 cm³/mol. The van der Waals surface area contributed by atoms with Gasteiger partial charge in [0.05, 0.1) is 23.1 Å². The van der Waals surface area contributed by atoms with Crippen LogP contribution in [-0.4, -0.2) is 24.7 Å². The van der Waals surface area contributed by atoms with Gasteiger partial charge >= 0.3 is 0 Å². The van der Waals surface area contributed by atoms with E-state index in [-0.39, 0.29) is 5.56 Å². The van der Waals surface area contributed by atoms with Gasteiger partial charge in [-0.2, -0.15) is 5.10 Å². The van der Waals surface area contributed by atoms with Crippen molar-refractivity contribution in [1.29, 1.82) is 0 Å². The Bertz CT molecular complexity index is 1020. The van der Waals surface area contributed by atoms with Crippen LogP contribution in [0.3, 0.4) is 0 Å². The summed E-state index contributed by atoms with van der Waals surface area (Å²) in [4.78, 5) is 23.0. The Morgan fingerprint density at radius 3 is 2.76 bits per heavy atom. The summed E-state index contributed by atoms with van der Waals surface area (Å²) >= 11 is 0. The lowest BCUT2D eigenvalue weighted by Crippen LogP contribution is -2.07. The summed E-state index contributed by atoms with van der Waals surface area (Å²) < 4.78 is 1.77. The molecule has 0 amide bonds. The van der Waals surface area contributed by atoms with Gasteiger partial charge in [0.2, 0.25) is 0 Å². The second kappa shape index (κ2) is 4.24. The highest BCUT2D eigenvalue weighted by molar-refractivity contribution is 5.91. The first-order valence-electron chi connectivity index (χ1n) is 6.53. The molecule has 0 aliphatic rings. The fourth-order valence-electron chi connectivity index (χ4n) is 2.42. The molecule has 0 aliphatic carbocycles. The topological polar surface area (TPSA) is 76.5 Å². The van der Waals surface area contributed by atoms with Crippen LogP contribution in [0.4, 0.5) is 0 Å². The van der Waals surface area contributed by atoms with Crippen LogP contribution in [0.2, 0.25) is 0 Å². The molecule has 21 heavy (non-hydrogen) atoms. The molecule has 1 N–H and O–H groups in total. The number of benzene rings is 1. The number of hydrogen-bond acceptors (Lipinski definition) is 4. The number of H-pyrrole nitrogens is 1. The Morgan fingerprint density at radius 2 is 1.95 bits per heavy atom. The molecule has 4 aromatic rings. The molecule has 102 valence electrons. The zero-order valence-electron chi connectivity index (χ0n) is 11.2. The summed E-state index contributed by atoms with van der Waals surface area (Å²) in [5.41, 5.74) is 2.67. The van der Waals surface area contributed by atoms with Gasteiger partial charge in [-0.25, -0.2) is 14.6 Å². The predicted octanol–water partition coefficient (Wildman–Crippen LogP) is 1.97. The third-order valence-corrected chi connectivity index (χ3v) is 3.45. The number of nitrogens with zero attached hydrogens (tertiary/aromatic N) is 4. The van der Waals surface area contributed by atoms with Crippen LogP contribution in [0.5, 0.6) is 0 Å². The Hall–Kier alpha value is -3.02. The van der Waals surface area contributed by atoms with Crippen molar-refractivity contribution >= 4 is 22.1 Å². The van der Waals surface area contributed by atoms with Crippen molar-refractivity contribution in [2.45, 2.75) is 6.92 Å². The van der Waals surface area contributed by atoms with Crippen LogP contribution < -0.4 is 5.56 Å². The van der Waals surface area contributed by atoms with Crippen LogP contribution in [0.15, 0.2) is 47.5 Å². The summed E-state index contributed by atoms with van der Waals surface area (Å²) in [7, 11) is 0. The second-order valence-electron chi connectivity index (χ2n) is 4.80. The Morgan fingerprint density at radius 1 is 1.14 bits per heavy atom. The van der Waals surface area contributed by atoms with Crippen LogP contribution in [0.25, 0.3) is 27.8 Å². The molecule has 0 saturated heterocycles. The summed E-state index contributed by atoms with van der Waals surface area (Å²) in [5.74, 6) is 0. The highest BCUT2D eigenvalue weighted by Crippen LogP contribution is 2.22. The van der Waals surface area contributed by atoms with E-state index in [0.717, 1.165) is 16.8 Å². The van der Waals surface area contributed by atoms with Crippen molar-refractivity contribution in [2.24, 2.45) is 0 Å². The van der Waals surface area contributed by atoms with Gasteiger partial charge in [-0.05, 0) is 25.1 Å². The molecule has 0 fully saturated rings. The van der Waals surface area contributed by atoms with Crippen LogP contribution in [-0.2, 0) is 0 Å². The number of fused-ring (bicyclic) bond motifs is 2. The van der Waals surface area contributed by atoms with Crippen molar-refractivity contribution in [2.75, 3.05) is 0 Å². The molecular formula is C15H11N5O. The smallest absolute Gasteiger partial charge is 0.260 e. The lowest BCUT2D eigenvalue weighted by Gasteiger charge is -2.02. The molecule has 0 spiro atoms. The third kappa shape index (κ3) is 1.73. The monoisotopic (exact) mass is 277 g/mol. The first kappa shape index (κ1) is 11.8. The van der Waals surface area contributed by atoms with Gasteiger partial charge in [0.15, 0.2) is 11.3 Å². The van der Waals surface area contributed by atoms with Crippen molar-refractivity contribution < 1.29 is 0 Å². The number of rotatable bonds is 1. The Labute approximate surface area is 119 Å². The van der Waals surface area contributed by atoms with E-state index in [9.17, 15) is 4.79 Å².